The van der Waals surface area contributed by atoms with Crippen LogP contribution in [0.4, 0.5) is 10.5 Å². The summed E-state index contributed by atoms with van der Waals surface area (Å²) in [5.41, 5.74) is 2.65. The van der Waals surface area contributed by atoms with E-state index in [2.05, 4.69) is 25.5 Å². The third kappa shape index (κ3) is 3.63. The zero-order valence-corrected chi connectivity index (χ0v) is 17.5. The first kappa shape index (κ1) is 19.6. The number of carbonyl (C=O) groups is 1. The van der Waals surface area contributed by atoms with Gasteiger partial charge in [0.25, 0.3) is 5.56 Å². The van der Waals surface area contributed by atoms with Crippen molar-refractivity contribution in [2.24, 2.45) is 0 Å². The van der Waals surface area contributed by atoms with Gasteiger partial charge in [0, 0.05) is 49.6 Å². The largest absolute Gasteiger partial charge is 0.366 e. The number of aryl methyl sites for hydroxylation is 1. The summed E-state index contributed by atoms with van der Waals surface area (Å²) >= 11 is 5.87. The minimum Gasteiger partial charge on any atom is -0.366 e. The predicted octanol–water partition coefficient (Wildman–Crippen LogP) is 1.52. The maximum Gasteiger partial charge on any atom is 0.317 e. The highest BCUT2D eigenvalue weighted by Gasteiger charge is 2.35. The van der Waals surface area contributed by atoms with Crippen LogP contribution in [-0.4, -0.2) is 63.1 Å². The van der Waals surface area contributed by atoms with E-state index in [9.17, 15) is 9.59 Å². The lowest BCUT2D eigenvalue weighted by Crippen LogP contribution is -2.52. The van der Waals surface area contributed by atoms with E-state index in [4.69, 9.17) is 16.1 Å². The highest BCUT2D eigenvalue weighted by molar-refractivity contribution is 6.29. The molecule has 1 atom stereocenters. The predicted molar refractivity (Wildman–Crippen MR) is 113 cm³/mol. The fraction of sp³-hybridized carbons (Fsp3) is 0.350. The Morgan fingerprint density at radius 1 is 1.26 bits per heavy atom. The van der Waals surface area contributed by atoms with Crippen molar-refractivity contribution in [3.05, 3.63) is 57.4 Å². The molecule has 2 saturated heterocycles. The van der Waals surface area contributed by atoms with Crippen LogP contribution in [0.3, 0.4) is 0 Å². The molecule has 31 heavy (non-hydrogen) atoms. The van der Waals surface area contributed by atoms with Crippen molar-refractivity contribution in [1.82, 2.24) is 30.1 Å². The lowest BCUT2D eigenvalue weighted by molar-refractivity contribution is 0.197. The van der Waals surface area contributed by atoms with E-state index in [1.165, 1.54) is 4.68 Å². The third-order valence-corrected chi connectivity index (χ3v) is 5.97. The minimum atomic E-state index is -0.221. The smallest absolute Gasteiger partial charge is 0.317 e. The molecule has 0 bridgehead atoms. The second-order valence-electron chi connectivity index (χ2n) is 7.62. The Hall–Kier alpha value is -3.40. The van der Waals surface area contributed by atoms with Crippen LogP contribution in [0, 0.1) is 6.92 Å². The molecule has 2 aliphatic heterocycles. The number of amides is 2. The number of aromatic nitrogens is 4. The Morgan fingerprint density at radius 3 is 2.90 bits per heavy atom. The molecule has 0 radical (unpaired) electrons. The molecule has 11 heteroatoms. The van der Waals surface area contributed by atoms with Crippen molar-refractivity contribution < 1.29 is 9.32 Å². The van der Waals surface area contributed by atoms with Crippen LogP contribution in [0.1, 0.15) is 11.3 Å². The molecule has 0 aromatic carbocycles. The molecule has 5 heterocycles. The van der Waals surface area contributed by atoms with Crippen molar-refractivity contribution in [3.63, 3.8) is 0 Å². The second kappa shape index (κ2) is 7.69. The van der Waals surface area contributed by atoms with Crippen LogP contribution in [0.2, 0.25) is 5.15 Å². The second-order valence-corrected chi connectivity index (χ2v) is 8.01. The van der Waals surface area contributed by atoms with Gasteiger partial charge in [-0.05, 0) is 19.1 Å². The molecule has 5 rings (SSSR count). The van der Waals surface area contributed by atoms with Gasteiger partial charge in [-0.1, -0.05) is 16.8 Å². The molecular formula is C20H20ClN7O3. The highest BCUT2D eigenvalue weighted by atomic mass is 35.5. The summed E-state index contributed by atoms with van der Waals surface area (Å²) in [6.07, 6.45) is 3.30. The third-order valence-electron chi connectivity index (χ3n) is 5.75. The van der Waals surface area contributed by atoms with E-state index in [1.54, 1.807) is 37.5 Å². The lowest BCUT2D eigenvalue weighted by Gasteiger charge is -2.37. The summed E-state index contributed by atoms with van der Waals surface area (Å²) in [5.74, 6) is 0.609. The van der Waals surface area contributed by atoms with Gasteiger partial charge in [-0.2, -0.15) is 5.10 Å². The molecule has 2 amide bonds. The number of halogens is 1. The summed E-state index contributed by atoms with van der Waals surface area (Å²) in [6.45, 7) is 4.59. The van der Waals surface area contributed by atoms with Crippen molar-refractivity contribution in [3.8, 4) is 11.3 Å². The van der Waals surface area contributed by atoms with E-state index in [0.717, 1.165) is 16.8 Å². The van der Waals surface area contributed by atoms with Crippen LogP contribution >= 0.6 is 11.6 Å². The molecule has 3 aromatic rings. The van der Waals surface area contributed by atoms with E-state index >= 15 is 0 Å². The molecule has 2 aliphatic rings. The summed E-state index contributed by atoms with van der Waals surface area (Å²) in [5, 5.41) is 11.7. The van der Waals surface area contributed by atoms with Gasteiger partial charge >= 0.3 is 6.03 Å². The van der Waals surface area contributed by atoms with Gasteiger partial charge in [0.2, 0.25) is 0 Å². The van der Waals surface area contributed by atoms with Crippen LogP contribution in [0.5, 0.6) is 0 Å². The standard InChI is InChI=1S/C20H20ClN7O3/c1-12-16(19(25-31-12)13-2-3-17(21)22-7-13)11-28-18(29)6-14(9-24-28)26-4-5-27-15(10-26)8-23-20(27)30/h2-3,6-7,9,15H,4-5,8,10-11H2,1H3,(H,23,30). The molecular weight excluding hydrogens is 422 g/mol. The molecule has 10 nitrogen and oxygen atoms in total. The van der Waals surface area contributed by atoms with Crippen molar-refractivity contribution in [2.75, 3.05) is 31.1 Å². The summed E-state index contributed by atoms with van der Waals surface area (Å²) < 4.78 is 6.74. The van der Waals surface area contributed by atoms with Gasteiger partial charge in [-0.3, -0.25) is 4.79 Å². The first-order valence-corrected chi connectivity index (χ1v) is 10.3. The number of rotatable bonds is 4. The fourth-order valence-corrected chi connectivity index (χ4v) is 4.14. The quantitative estimate of drug-likeness (QED) is 0.611. The van der Waals surface area contributed by atoms with Gasteiger partial charge in [-0.15, -0.1) is 0 Å². The zero-order valence-electron chi connectivity index (χ0n) is 16.8. The monoisotopic (exact) mass is 441 g/mol. The lowest BCUT2D eigenvalue weighted by atomic mass is 10.1. The number of nitrogens with one attached hydrogen (secondary N) is 1. The van der Waals surface area contributed by atoms with Crippen LogP contribution in [-0.2, 0) is 6.54 Å². The first-order chi connectivity index (χ1) is 15.0. The van der Waals surface area contributed by atoms with Gasteiger partial charge in [0.1, 0.15) is 16.6 Å². The summed E-state index contributed by atoms with van der Waals surface area (Å²) in [6, 6.07) is 5.15. The molecule has 0 saturated carbocycles. The number of pyridine rings is 1. The van der Waals surface area contributed by atoms with Gasteiger partial charge < -0.3 is 19.6 Å². The average Bonchev–Trinajstić information content (AvgIpc) is 3.32. The zero-order chi connectivity index (χ0) is 21.5. The highest BCUT2D eigenvalue weighted by Crippen LogP contribution is 2.26. The normalized spacial score (nSPS) is 18.3. The summed E-state index contributed by atoms with van der Waals surface area (Å²) in [4.78, 5) is 32.6. The Morgan fingerprint density at radius 2 is 2.13 bits per heavy atom. The maximum atomic E-state index is 12.8. The number of nitrogens with zero attached hydrogens (tertiary/aromatic N) is 6. The maximum absolute atomic E-state index is 12.8. The number of carbonyl (C=O) groups excluding carboxylic acids is 1. The van der Waals surface area contributed by atoms with Crippen LogP contribution in [0.15, 0.2) is 39.9 Å². The number of urea groups is 1. The Bertz CT molecular complexity index is 1190. The Balaban J connectivity index is 1.37. The van der Waals surface area contributed by atoms with Crippen LogP contribution in [0.25, 0.3) is 11.3 Å². The molecule has 160 valence electrons. The van der Waals surface area contributed by atoms with E-state index in [0.29, 0.717) is 42.8 Å². The minimum absolute atomic E-state index is 0.0195. The number of hydrogen-bond donors (Lipinski definition) is 1. The van der Waals surface area contributed by atoms with Gasteiger partial charge in [-0.25, -0.2) is 14.5 Å². The Kier molecular flexibility index (Phi) is 4.85. The van der Waals surface area contributed by atoms with Crippen LogP contribution < -0.4 is 15.8 Å². The average molecular weight is 442 g/mol. The molecule has 1 N–H and O–H groups in total. The topological polar surface area (TPSA) is 109 Å². The van der Waals surface area contributed by atoms with E-state index < -0.39 is 0 Å². The molecule has 2 fully saturated rings. The number of hydrogen-bond acceptors (Lipinski definition) is 7. The van der Waals surface area contributed by atoms with E-state index in [-0.39, 0.29) is 24.2 Å². The van der Waals surface area contributed by atoms with E-state index in [1.807, 2.05) is 4.90 Å². The molecule has 0 aliphatic carbocycles. The van der Waals surface area contributed by atoms with Gasteiger partial charge in [0.05, 0.1) is 24.5 Å². The number of fused-ring (bicyclic) bond motifs is 1. The SMILES string of the molecule is Cc1onc(-c2ccc(Cl)nc2)c1Cn1ncc(N2CCN3C(=O)NCC3C2)cc1=O. The van der Waals surface area contributed by atoms with Crippen molar-refractivity contribution >= 4 is 23.3 Å². The molecule has 1 unspecified atom stereocenters. The molecule has 3 aromatic heterocycles. The first-order valence-electron chi connectivity index (χ1n) is 9.93. The van der Waals surface area contributed by atoms with Gasteiger partial charge in [0.15, 0.2) is 0 Å². The number of piperazine rings is 1. The summed E-state index contributed by atoms with van der Waals surface area (Å²) in [7, 11) is 0. The fourth-order valence-electron chi connectivity index (χ4n) is 4.02. The molecule has 0 spiro atoms. The van der Waals surface area contributed by atoms with Crippen molar-refractivity contribution in [1.29, 1.82) is 0 Å². The Labute approximate surface area is 182 Å². The van der Waals surface area contributed by atoms with Crippen molar-refractivity contribution in [2.45, 2.75) is 19.5 Å². The number of anilines is 1.